The number of esters is 1. The molecule has 0 amide bonds. The van der Waals surface area contributed by atoms with E-state index in [0.717, 1.165) is 5.56 Å². The lowest BCUT2D eigenvalue weighted by Gasteiger charge is -2.07. The molecule has 0 spiro atoms. The minimum atomic E-state index is -0.338. The van der Waals surface area contributed by atoms with Crippen molar-refractivity contribution in [1.29, 1.82) is 0 Å². The molecule has 0 radical (unpaired) electrons. The first-order valence-electron chi connectivity index (χ1n) is 8.54. The number of fused-ring (bicyclic) bond motifs is 1. The van der Waals surface area contributed by atoms with E-state index < -0.39 is 0 Å². The Labute approximate surface area is 152 Å². The van der Waals surface area contributed by atoms with Crippen molar-refractivity contribution in [2.45, 2.75) is 27.2 Å². The molecule has 1 aliphatic rings. The Morgan fingerprint density at radius 2 is 1.96 bits per heavy atom. The highest BCUT2D eigenvalue weighted by Gasteiger charge is 2.30. The zero-order valence-corrected chi connectivity index (χ0v) is 15.0. The zero-order valence-electron chi connectivity index (χ0n) is 15.0. The van der Waals surface area contributed by atoms with Gasteiger partial charge in [0.1, 0.15) is 17.2 Å². The second-order valence-electron chi connectivity index (χ2n) is 5.85. The third-order valence-corrected chi connectivity index (χ3v) is 3.97. The van der Waals surface area contributed by atoms with Gasteiger partial charge < -0.3 is 14.2 Å². The third-order valence-electron chi connectivity index (χ3n) is 3.97. The minimum Gasteiger partial charge on any atom is -0.493 e. The van der Waals surface area contributed by atoms with Gasteiger partial charge >= 0.3 is 5.97 Å². The van der Waals surface area contributed by atoms with Gasteiger partial charge in [0, 0.05) is 18.1 Å². The van der Waals surface area contributed by atoms with E-state index in [9.17, 15) is 9.59 Å². The summed E-state index contributed by atoms with van der Waals surface area (Å²) in [5.41, 5.74) is 1.95. The smallest absolute Gasteiger partial charge is 0.310 e. The first-order chi connectivity index (χ1) is 12.5. The predicted molar refractivity (Wildman–Crippen MR) is 97.7 cm³/mol. The molecule has 5 heteroatoms. The predicted octanol–water partition coefficient (Wildman–Crippen LogP) is 4.33. The molecule has 0 saturated heterocycles. The summed E-state index contributed by atoms with van der Waals surface area (Å²) < 4.78 is 16.6. The second-order valence-corrected chi connectivity index (χ2v) is 5.85. The zero-order chi connectivity index (χ0) is 18.7. The van der Waals surface area contributed by atoms with Crippen LogP contribution in [0.5, 0.6) is 17.2 Å². The number of hydrogen-bond donors (Lipinski definition) is 0. The van der Waals surface area contributed by atoms with Gasteiger partial charge in [0.15, 0.2) is 5.76 Å². The molecule has 1 heterocycles. The first-order valence-corrected chi connectivity index (χ1v) is 8.54. The van der Waals surface area contributed by atoms with Crippen LogP contribution in [0.1, 0.15) is 41.8 Å². The number of rotatable bonds is 5. The lowest BCUT2D eigenvalue weighted by Crippen LogP contribution is -2.06. The van der Waals surface area contributed by atoms with Gasteiger partial charge in [-0.2, -0.15) is 0 Å². The summed E-state index contributed by atoms with van der Waals surface area (Å²) in [5, 5.41) is 0. The average Bonchev–Trinajstić information content (AvgIpc) is 2.92. The van der Waals surface area contributed by atoms with Crippen molar-refractivity contribution >= 4 is 17.8 Å². The number of allylic oxidation sites excluding steroid dienone is 1. The van der Waals surface area contributed by atoms with Crippen LogP contribution in [0.3, 0.4) is 0 Å². The number of benzene rings is 2. The number of carbonyl (C=O) groups excluding carboxylic acids is 2. The van der Waals surface area contributed by atoms with Crippen molar-refractivity contribution < 1.29 is 23.8 Å². The van der Waals surface area contributed by atoms with Crippen LogP contribution in [0.15, 0.2) is 42.2 Å². The van der Waals surface area contributed by atoms with Crippen LogP contribution in [0.2, 0.25) is 0 Å². The number of aryl methyl sites for hydroxylation is 1. The second kappa shape index (κ2) is 7.44. The van der Waals surface area contributed by atoms with Gasteiger partial charge in [0.25, 0.3) is 0 Å². The highest BCUT2D eigenvalue weighted by molar-refractivity contribution is 6.15. The molecule has 2 aromatic rings. The van der Waals surface area contributed by atoms with Gasteiger partial charge in [-0.05, 0) is 37.6 Å². The maximum absolute atomic E-state index is 12.7. The minimum absolute atomic E-state index is 0.197. The van der Waals surface area contributed by atoms with E-state index in [-0.39, 0.29) is 23.9 Å². The molecular formula is C21H20O5. The standard InChI is InChI=1S/C21H20O5/c1-4-19(22)25-15-10-13(3)20-17(12-15)26-18(21(20)23)11-14-8-6-7-9-16(14)24-5-2/h6-12H,4-5H2,1-3H3/b18-11-. The van der Waals surface area contributed by atoms with Crippen molar-refractivity contribution in [3.05, 3.63) is 58.8 Å². The van der Waals surface area contributed by atoms with E-state index in [0.29, 0.717) is 35.0 Å². The Morgan fingerprint density at radius 3 is 2.69 bits per heavy atom. The fraction of sp³-hybridized carbons (Fsp3) is 0.238. The maximum Gasteiger partial charge on any atom is 0.310 e. The van der Waals surface area contributed by atoms with E-state index in [1.807, 2.05) is 31.2 Å². The molecule has 0 aromatic heterocycles. The lowest BCUT2D eigenvalue weighted by atomic mass is 10.0. The number of hydrogen-bond acceptors (Lipinski definition) is 5. The van der Waals surface area contributed by atoms with Crippen LogP contribution < -0.4 is 14.2 Å². The molecule has 0 saturated carbocycles. The number of Topliss-reactive ketones (excluding diaryl/α,β-unsaturated/α-hetero) is 1. The molecule has 5 nitrogen and oxygen atoms in total. The summed E-state index contributed by atoms with van der Waals surface area (Å²) in [5.74, 6) is 1.14. The highest BCUT2D eigenvalue weighted by atomic mass is 16.5. The molecule has 0 fully saturated rings. The van der Waals surface area contributed by atoms with Gasteiger partial charge in [-0.25, -0.2) is 0 Å². The fourth-order valence-corrected chi connectivity index (χ4v) is 2.77. The summed E-state index contributed by atoms with van der Waals surface area (Å²) in [6, 6.07) is 10.7. The quantitative estimate of drug-likeness (QED) is 0.455. The summed E-state index contributed by atoms with van der Waals surface area (Å²) in [6.45, 7) is 5.94. The molecule has 0 unspecified atom stereocenters. The molecular weight excluding hydrogens is 332 g/mol. The van der Waals surface area contributed by atoms with Crippen molar-refractivity contribution in [2.75, 3.05) is 6.61 Å². The number of carbonyl (C=O) groups is 2. The van der Waals surface area contributed by atoms with Gasteiger partial charge in [-0.15, -0.1) is 0 Å². The number of ketones is 1. The Morgan fingerprint density at radius 1 is 1.19 bits per heavy atom. The Kier molecular flexibility index (Phi) is 5.07. The SMILES string of the molecule is CCOc1ccccc1/C=C1\Oc2cc(OC(=O)CC)cc(C)c2C1=O. The van der Waals surface area contributed by atoms with Crippen molar-refractivity contribution in [3.63, 3.8) is 0 Å². The fourth-order valence-electron chi connectivity index (χ4n) is 2.77. The molecule has 0 atom stereocenters. The summed E-state index contributed by atoms with van der Waals surface area (Å²) in [6.07, 6.45) is 1.94. The van der Waals surface area contributed by atoms with Crippen LogP contribution in [0, 0.1) is 6.92 Å². The lowest BCUT2D eigenvalue weighted by molar-refractivity contribution is -0.134. The normalized spacial score (nSPS) is 14.1. The van der Waals surface area contributed by atoms with Gasteiger partial charge in [0.05, 0.1) is 12.2 Å². The van der Waals surface area contributed by atoms with Crippen LogP contribution in [0.4, 0.5) is 0 Å². The maximum atomic E-state index is 12.7. The van der Waals surface area contributed by atoms with Crippen LogP contribution in [-0.2, 0) is 4.79 Å². The molecule has 134 valence electrons. The molecule has 0 bridgehead atoms. The van der Waals surface area contributed by atoms with Gasteiger partial charge in [-0.3, -0.25) is 9.59 Å². The molecule has 26 heavy (non-hydrogen) atoms. The Bertz CT molecular complexity index is 895. The van der Waals surface area contributed by atoms with Crippen molar-refractivity contribution in [2.24, 2.45) is 0 Å². The third kappa shape index (κ3) is 3.47. The van der Waals surface area contributed by atoms with Gasteiger partial charge in [0.2, 0.25) is 5.78 Å². The average molecular weight is 352 g/mol. The van der Waals surface area contributed by atoms with E-state index in [1.54, 1.807) is 32.1 Å². The summed E-state index contributed by atoms with van der Waals surface area (Å²) in [7, 11) is 0. The molecule has 2 aromatic carbocycles. The van der Waals surface area contributed by atoms with E-state index in [2.05, 4.69) is 0 Å². The van der Waals surface area contributed by atoms with Crippen LogP contribution in [-0.4, -0.2) is 18.4 Å². The summed E-state index contributed by atoms with van der Waals surface area (Å²) in [4.78, 5) is 24.2. The van der Waals surface area contributed by atoms with Crippen molar-refractivity contribution in [3.8, 4) is 17.2 Å². The highest BCUT2D eigenvalue weighted by Crippen LogP contribution is 2.38. The summed E-state index contributed by atoms with van der Waals surface area (Å²) >= 11 is 0. The molecule has 3 rings (SSSR count). The monoisotopic (exact) mass is 352 g/mol. The van der Waals surface area contributed by atoms with E-state index >= 15 is 0 Å². The molecule has 0 N–H and O–H groups in total. The van der Waals surface area contributed by atoms with Crippen LogP contribution in [0.25, 0.3) is 6.08 Å². The first kappa shape index (κ1) is 17.7. The van der Waals surface area contributed by atoms with Crippen molar-refractivity contribution in [1.82, 2.24) is 0 Å². The van der Waals surface area contributed by atoms with Gasteiger partial charge in [-0.1, -0.05) is 25.1 Å². The number of ether oxygens (including phenoxy) is 3. The molecule has 1 aliphatic heterocycles. The van der Waals surface area contributed by atoms with E-state index in [1.165, 1.54) is 0 Å². The largest absolute Gasteiger partial charge is 0.493 e. The Balaban J connectivity index is 1.95. The number of para-hydroxylation sites is 1. The topological polar surface area (TPSA) is 61.8 Å². The Hall–Kier alpha value is -3.08. The van der Waals surface area contributed by atoms with E-state index in [4.69, 9.17) is 14.2 Å². The van der Waals surface area contributed by atoms with Crippen LogP contribution >= 0.6 is 0 Å². The molecule has 0 aliphatic carbocycles.